The first-order chi connectivity index (χ1) is 11.9. The van der Waals surface area contributed by atoms with Gasteiger partial charge in [-0.25, -0.2) is 9.97 Å². The van der Waals surface area contributed by atoms with E-state index in [2.05, 4.69) is 27.2 Å². The number of hydrogen-bond acceptors (Lipinski definition) is 5. The fourth-order valence-corrected chi connectivity index (χ4v) is 3.04. The van der Waals surface area contributed by atoms with Crippen LogP contribution in [0.1, 0.15) is 21.9 Å². The minimum Gasteiger partial charge on any atom is -0.340 e. The van der Waals surface area contributed by atoms with Crippen molar-refractivity contribution in [3.8, 4) is 0 Å². The number of piperazine rings is 1. The van der Waals surface area contributed by atoms with Gasteiger partial charge in [-0.05, 0) is 44.7 Å². The summed E-state index contributed by atoms with van der Waals surface area (Å²) in [7, 11) is 2.06. The van der Waals surface area contributed by atoms with Crippen molar-refractivity contribution in [1.82, 2.24) is 19.8 Å². The molecule has 132 valence electrons. The number of aryl methyl sites for hydroxylation is 2. The van der Waals surface area contributed by atoms with E-state index in [-0.39, 0.29) is 5.91 Å². The first kappa shape index (κ1) is 17.6. The molecule has 7 heteroatoms. The molecule has 1 amide bonds. The molecule has 3 rings (SSSR count). The van der Waals surface area contributed by atoms with Gasteiger partial charge >= 0.3 is 0 Å². The van der Waals surface area contributed by atoms with Crippen LogP contribution < -0.4 is 5.32 Å². The number of nitrogens with one attached hydrogen (secondary N) is 1. The van der Waals surface area contributed by atoms with Gasteiger partial charge in [0.15, 0.2) is 0 Å². The van der Waals surface area contributed by atoms with E-state index in [0.717, 1.165) is 37.4 Å². The molecule has 2 heterocycles. The normalized spacial score (nSPS) is 15.3. The fourth-order valence-electron chi connectivity index (χ4n) is 2.82. The number of carbonyl (C=O) groups is 1. The van der Waals surface area contributed by atoms with E-state index in [0.29, 0.717) is 22.4 Å². The van der Waals surface area contributed by atoms with Crippen LogP contribution in [0, 0.1) is 13.8 Å². The third-order valence-corrected chi connectivity index (χ3v) is 4.53. The van der Waals surface area contributed by atoms with Gasteiger partial charge in [-0.2, -0.15) is 0 Å². The Balaban J connectivity index is 1.81. The maximum atomic E-state index is 12.7. The number of nitrogens with zero attached hydrogens (tertiary/aromatic N) is 4. The van der Waals surface area contributed by atoms with Crippen molar-refractivity contribution in [2.75, 3.05) is 38.5 Å². The molecule has 1 saturated heterocycles. The molecule has 1 aliphatic rings. The van der Waals surface area contributed by atoms with Gasteiger partial charge in [0.2, 0.25) is 0 Å². The number of benzene rings is 1. The summed E-state index contributed by atoms with van der Waals surface area (Å²) in [4.78, 5) is 25.5. The maximum Gasteiger partial charge on any atom is 0.272 e. The Bertz CT molecular complexity index is 787. The molecule has 0 bridgehead atoms. The molecule has 0 aliphatic carbocycles. The lowest BCUT2D eigenvalue weighted by atomic mass is 10.2. The van der Waals surface area contributed by atoms with E-state index in [4.69, 9.17) is 11.6 Å². The summed E-state index contributed by atoms with van der Waals surface area (Å²) in [5.41, 5.74) is 2.34. The molecule has 1 aromatic heterocycles. The Kier molecular flexibility index (Phi) is 5.20. The second-order valence-electron chi connectivity index (χ2n) is 6.37. The van der Waals surface area contributed by atoms with Crippen LogP contribution in [-0.2, 0) is 0 Å². The van der Waals surface area contributed by atoms with Crippen LogP contribution in [0.15, 0.2) is 24.3 Å². The molecule has 1 aliphatic heterocycles. The Morgan fingerprint density at radius 1 is 1.12 bits per heavy atom. The average molecular weight is 360 g/mol. The summed E-state index contributed by atoms with van der Waals surface area (Å²) in [5.74, 6) is 1.12. The van der Waals surface area contributed by atoms with E-state index < -0.39 is 0 Å². The van der Waals surface area contributed by atoms with Gasteiger partial charge in [-0.1, -0.05) is 11.6 Å². The number of likely N-dealkylation sites (N-methyl/N-ethyl adjacent to an activating group) is 1. The van der Waals surface area contributed by atoms with Crippen LogP contribution in [0.2, 0.25) is 5.02 Å². The molecular weight excluding hydrogens is 338 g/mol. The number of rotatable bonds is 3. The average Bonchev–Trinajstić information content (AvgIpc) is 2.57. The SMILES string of the molecule is Cc1nc(Nc2ccc(Cl)cc2C)cc(C(=O)N2CCN(C)CC2)n1. The largest absolute Gasteiger partial charge is 0.340 e. The number of carbonyl (C=O) groups excluding carboxylic acids is 1. The Morgan fingerprint density at radius 3 is 2.52 bits per heavy atom. The van der Waals surface area contributed by atoms with Crippen LogP contribution in [0.3, 0.4) is 0 Å². The lowest BCUT2D eigenvalue weighted by molar-refractivity contribution is 0.0658. The second kappa shape index (κ2) is 7.37. The van der Waals surface area contributed by atoms with Crippen LogP contribution >= 0.6 is 11.6 Å². The number of amides is 1. The number of hydrogen-bond donors (Lipinski definition) is 1. The molecule has 1 fully saturated rings. The topological polar surface area (TPSA) is 61.4 Å². The van der Waals surface area contributed by atoms with Crippen molar-refractivity contribution < 1.29 is 4.79 Å². The van der Waals surface area contributed by atoms with Crippen LogP contribution in [0.5, 0.6) is 0 Å². The van der Waals surface area contributed by atoms with Crippen molar-refractivity contribution in [2.24, 2.45) is 0 Å². The zero-order valence-corrected chi connectivity index (χ0v) is 15.5. The summed E-state index contributed by atoms with van der Waals surface area (Å²) in [6, 6.07) is 7.31. The van der Waals surface area contributed by atoms with Gasteiger partial charge in [0.05, 0.1) is 0 Å². The van der Waals surface area contributed by atoms with Gasteiger partial charge in [0.25, 0.3) is 5.91 Å². The van der Waals surface area contributed by atoms with Crippen molar-refractivity contribution in [3.63, 3.8) is 0 Å². The fraction of sp³-hybridized carbons (Fsp3) is 0.389. The lowest BCUT2D eigenvalue weighted by Gasteiger charge is -2.32. The zero-order chi connectivity index (χ0) is 18.0. The number of aromatic nitrogens is 2. The van der Waals surface area contributed by atoms with Gasteiger partial charge in [0, 0.05) is 43.0 Å². The molecule has 0 unspecified atom stereocenters. The third-order valence-electron chi connectivity index (χ3n) is 4.30. The molecule has 0 radical (unpaired) electrons. The molecule has 0 spiro atoms. The lowest BCUT2D eigenvalue weighted by Crippen LogP contribution is -2.47. The molecule has 2 aromatic rings. The first-order valence-corrected chi connectivity index (χ1v) is 8.67. The predicted octanol–water partition coefficient (Wildman–Crippen LogP) is 2.88. The second-order valence-corrected chi connectivity index (χ2v) is 6.80. The highest BCUT2D eigenvalue weighted by Gasteiger charge is 2.22. The highest BCUT2D eigenvalue weighted by atomic mass is 35.5. The quantitative estimate of drug-likeness (QED) is 0.913. The third kappa shape index (κ3) is 4.27. The van der Waals surface area contributed by atoms with E-state index >= 15 is 0 Å². The van der Waals surface area contributed by atoms with Crippen molar-refractivity contribution in [3.05, 3.63) is 46.4 Å². The molecule has 1 N–H and O–H groups in total. The van der Waals surface area contributed by atoms with Gasteiger partial charge < -0.3 is 15.1 Å². The maximum absolute atomic E-state index is 12.7. The summed E-state index contributed by atoms with van der Waals surface area (Å²) >= 11 is 6.00. The van der Waals surface area contributed by atoms with Crippen LogP contribution in [-0.4, -0.2) is 58.9 Å². The summed E-state index contributed by atoms with van der Waals surface area (Å²) in [6.07, 6.45) is 0. The summed E-state index contributed by atoms with van der Waals surface area (Å²) in [5, 5.41) is 3.94. The van der Waals surface area contributed by atoms with Crippen molar-refractivity contribution in [1.29, 1.82) is 0 Å². The van der Waals surface area contributed by atoms with Gasteiger partial charge in [0.1, 0.15) is 17.3 Å². The Morgan fingerprint density at radius 2 is 1.84 bits per heavy atom. The Hall–Kier alpha value is -2.18. The summed E-state index contributed by atoms with van der Waals surface area (Å²) < 4.78 is 0. The molecule has 25 heavy (non-hydrogen) atoms. The number of halogens is 1. The van der Waals surface area contributed by atoms with Crippen molar-refractivity contribution >= 4 is 29.0 Å². The molecule has 1 aromatic carbocycles. The standard InChI is InChI=1S/C18H22ClN5O/c1-12-10-14(19)4-5-15(12)22-17-11-16(20-13(2)21-17)18(25)24-8-6-23(3)7-9-24/h4-5,10-11H,6-9H2,1-3H3,(H,20,21,22). The highest BCUT2D eigenvalue weighted by molar-refractivity contribution is 6.30. The minimum atomic E-state index is -0.0468. The smallest absolute Gasteiger partial charge is 0.272 e. The molecule has 0 saturated carbocycles. The van der Waals surface area contributed by atoms with Crippen molar-refractivity contribution in [2.45, 2.75) is 13.8 Å². The molecular formula is C18H22ClN5O. The van der Waals surface area contributed by atoms with E-state index in [9.17, 15) is 4.79 Å². The van der Waals surface area contributed by atoms with Crippen LogP contribution in [0.25, 0.3) is 0 Å². The molecule has 6 nitrogen and oxygen atoms in total. The minimum absolute atomic E-state index is 0.0468. The van der Waals surface area contributed by atoms with E-state index in [1.807, 2.05) is 30.0 Å². The van der Waals surface area contributed by atoms with Crippen LogP contribution in [0.4, 0.5) is 11.5 Å². The number of anilines is 2. The van der Waals surface area contributed by atoms with Gasteiger partial charge in [-0.15, -0.1) is 0 Å². The zero-order valence-electron chi connectivity index (χ0n) is 14.7. The molecule has 0 atom stereocenters. The first-order valence-electron chi connectivity index (χ1n) is 8.29. The predicted molar refractivity (Wildman–Crippen MR) is 99.6 cm³/mol. The Labute approximate surface area is 152 Å². The van der Waals surface area contributed by atoms with Gasteiger partial charge in [-0.3, -0.25) is 4.79 Å². The highest BCUT2D eigenvalue weighted by Crippen LogP contribution is 2.23. The monoisotopic (exact) mass is 359 g/mol. The summed E-state index contributed by atoms with van der Waals surface area (Å²) in [6.45, 7) is 6.96. The van der Waals surface area contributed by atoms with E-state index in [1.54, 1.807) is 13.0 Å². The van der Waals surface area contributed by atoms with E-state index in [1.165, 1.54) is 0 Å².